The zero-order valence-electron chi connectivity index (χ0n) is 13.4. The Morgan fingerprint density at radius 3 is 2.57 bits per heavy atom. The van der Waals surface area contributed by atoms with Gasteiger partial charge in [0.05, 0.1) is 10.6 Å². The van der Waals surface area contributed by atoms with Gasteiger partial charge in [-0.05, 0) is 61.5 Å². The molecule has 0 bridgehead atoms. The van der Waals surface area contributed by atoms with Crippen molar-refractivity contribution < 1.29 is 14.6 Å². The van der Waals surface area contributed by atoms with Crippen LogP contribution in [0.1, 0.15) is 67.8 Å². The van der Waals surface area contributed by atoms with Gasteiger partial charge >= 0.3 is 5.97 Å². The highest BCUT2D eigenvalue weighted by molar-refractivity contribution is 7.80. The number of rotatable bonds is 4. The first-order chi connectivity index (χ1) is 10.9. The lowest BCUT2D eigenvalue weighted by atomic mass is 9.98. The van der Waals surface area contributed by atoms with Crippen LogP contribution in [-0.2, 0) is 4.74 Å². The van der Waals surface area contributed by atoms with Gasteiger partial charge < -0.3 is 15.2 Å². The first kappa shape index (κ1) is 18.0. The molecule has 0 saturated heterocycles. The fourth-order valence-corrected chi connectivity index (χ4v) is 3.44. The fourth-order valence-electron chi connectivity index (χ4n) is 2.78. The molecule has 1 saturated carbocycles. The molecule has 0 atom stereocenters. The number of carboxylic acids is 1. The summed E-state index contributed by atoms with van der Waals surface area (Å²) in [5, 5.41) is 12.9. The Balaban J connectivity index is 2.15. The molecule has 0 amide bonds. The van der Waals surface area contributed by atoms with Crippen LogP contribution in [0, 0.1) is 0 Å². The molecule has 23 heavy (non-hydrogen) atoms. The number of ether oxygens (including phenoxy) is 1. The topological polar surface area (TPSA) is 58.6 Å². The molecule has 126 valence electrons. The maximum atomic E-state index is 11.4. The van der Waals surface area contributed by atoms with Crippen LogP contribution < -0.4 is 5.32 Å². The van der Waals surface area contributed by atoms with E-state index in [1.54, 1.807) is 0 Å². The highest BCUT2D eigenvalue weighted by Gasteiger charge is 2.19. The first-order valence-electron chi connectivity index (χ1n) is 7.93. The molecular weight excluding hydrogens is 334 g/mol. The lowest BCUT2D eigenvalue weighted by Gasteiger charge is -2.23. The first-order valence-corrected chi connectivity index (χ1v) is 8.71. The number of hydrogen-bond donors (Lipinski definition) is 2. The smallest absolute Gasteiger partial charge is 0.337 e. The quantitative estimate of drug-likeness (QED) is 0.726. The second-order valence-electron chi connectivity index (χ2n) is 6.18. The number of thiocarbonyl (C=S) groups is 1. The second-order valence-corrected chi connectivity index (χ2v) is 6.93. The SMILES string of the molecule is CC(C)c1cc(NC(=S)OC2CCCCC2)cc(C(=O)O)c1Cl. The molecule has 1 aliphatic carbocycles. The Kier molecular flexibility index (Phi) is 6.25. The van der Waals surface area contributed by atoms with Crippen molar-refractivity contribution in [1.29, 1.82) is 0 Å². The van der Waals surface area contributed by atoms with E-state index in [-0.39, 0.29) is 27.8 Å². The van der Waals surface area contributed by atoms with Crippen molar-refractivity contribution in [1.82, 2.24) is 0 Å². The van der Waals surface area contributed by atoms with E-state index in [1.165, 1.54) is 12.5 Å². The van der Waals surface area contributed by atoms with Crippen molar-refractivity contribution in [2.24, 2.45) is 0 Å². The average Bonchev–Trinajstić information content (AvgIpc) is 2.49. The van der Waals surface area contributed by atoms with Gasteiger partial charge in [-0.1, -0.05) is 31.9 Å². The summed E-state index contributed by atoms with van der Waals surface area (Å²) in [5.74, 6) is -0.949. The van der Waals surface area contributed by atoms with Crippen LogP contribution in [0.5, 0.6) is 0 Å². The van der Waals surface area contributed by atoms with E-state index in [9.17, 15) is 9.90 Å². The fraction of sp³-hybridized carbons (Fsp3) is 0.529. The molecule has 1 aromatic rings. The van der Waals surface area contributed by atoms with Gasteiger partial charge in [0.25, 0.3) is 5.17 Å². The van der Waals surface area contributed by atoms with E-state index in [0.717, 1.165) is 31.2 Å². The highest BCUT2D eigenvalue weighted by Crippen LogP contribution is 2.31. The van der Waals surface area contributed by atoms with Crippen LogP contribution in [-0.4, -0.2) is 22.4 Å². The molecule has 2 rings (SSSR count). The minimum atomic E-state index is -1.06. The van der Waals surface area contributed by atoms with Crippen LogP contribution in [0.2, 0.25) is 5.02 Å². The van der Waals surface area contributed by atoms with Crippen molar-refractivity contribution in [3.05, 3.63) is 28.3 Å². The van der Waals surface area contributed by atoms with Gasteiger partial charge in [-0.2, -0.15) is 0 Å². The molecular formula is C17H22ClNO3S. The monoisotopic (exact) mass is 355 g/mol. The third-order valence-electron chi connectivity index (χ3n) is 4.03. The largest absolute Gasteiger partial charge is 0.478 e. The predicted molar refractivity (Wildman–Crippen MR) is 96.7 cm³/mol. The molecule has 0 aromatic heterocycles. The third-order valence-corrected chi connectivity index (χ3v) is 4.65. The molecule has 0 unspecified atom stereocenters. The number of carbonyl (C=O) groups is 1. The van der Waals surface area contributed by atoms with Crippen LogP contribution >= 0.6 is 23.8 Å². The van der Waals surface area contributed by atoms with E-state index < -0.39 is 5.97 Å². The number of nitrogens with one attached hydrogen (secondary N) is 1. The summed E-state index contributed by atoms with van der Waals surface area (Å²) >= 11 is 11.4. The van der Waals surface area contributed by atoms with Crippen LogP contribution in [0.4, 0.5) is 5.69 Å². The van der Waals surface area contributed by atoms with Crippen LogP contribution in [0.25, 0.3) is 0 Å². The summed E-state index contributed by atoms with van der Waals surface area (Å²) in [6.07, 6.45) is 5.75. The van der Waals surface area contributed by atoms with E-state index in [1.807, 2.05) is 19.9 Å². The Labute approximate surface area is 147 Å². The minimum Gasteiger partial charge on any atom is -0.478 e. The molecule has 1 fully saturated rings. The summed E-state index contributed by atoms with van der Waals surface area (Å²) < 4.78 is 5.77. The van der Waals surface area contributed by atoms with Crippen molar-refractivity contribution in [3.63, 3.8) is 0 Å². The molecule has 1 aromatic carbocycles. The standard InChI is InChI=1S/C17H22ClNO3S/c1-10(2)13-8-11(9-14(15(13)18)16(20)21)19-17(23)22-12-6-4-3-5-7-12/h8-10,12H,3-7H2,1-2H3,(H,19,23)(H,20,21). The summed E-state index contributed by atoms with van der Waals surface area (Å²) in [6, 6.07) is 3.32. The molecule has 1 aliphatic rings. The molecule has 0 aliphatic heterocycles. The average molecular weight is 356 g/mol. The zero-order valence-corrected chi connectivity index (χ0v) is 15.0. The van der Waals surface area contributed by atoms with E-state index in [2.05, 4.69) is 5.32 Å². The van der Waals surface area contributed by atoms with E-state index in [4.69, 9.17) is 28.6 Å². The number of hydrogen-bond acceptors (Lipinski definition) is 3. The maximum absolute atomic E-state index is 11.4. The Morgan fingerprint density at radius 2 is 2.00 bits per heavy atom. The highest BCUT2D eigenvalue weighted by atomic mass is 35.5. The van der Waals surface area contributed by atoms with Crippen LogP contribution in [0.15, 0.2) is 12.1 Å². The van der Waals surface area contributed by atoms with Crippen molar-refractivity contribution >= 4 is 40.7 Å². The predicted octanol–water partition coefficient (Wildman–Crippen LogP) is 5.21. The number of anilines is 1. The molecule has 2 N–H and O–H groups in total. The lowest BCUT2D eigenvalue weighted by molar-refractivity contribution is 0.0697. The third kappa shape index (κ3) is 4.82. The van der Waals surface area contributed by atoms with Gasteiger partial charge in [0.1, 0.15) is 6.10 Å². The van der Waals surface area contributed by atoms with Gasteiger partial charge in [-0.25, -0.2) is 4.79 Å². The van der Waals surface area contributed by atoms with Crippen molar-refractivity contribution in [2.45, 2.75) is 58.0 Å². The van der Waals surface area contributed by atoms with Gasteiger partial charge in [0.2, 0.25) is 0 Å². The van der Waals surface area contributed by atoms with E-state index >= 15 is 0 Å². The van der Waals surface area contributed by atoms with Gasteiger partial charge in [-0.15, -0.1) is 0 Å². The van der Waals surface area contributed by atoms with Crippen molar-refractivity contribution in [2.75, 3.05) is 5.32 Å². The Morgan fingerprint density at radius 1 is 1.35 bits per heavy atom. The lowest BCUT2D eigenvalue weighted by Crippen LogP contribution is -2.24. The number of halogens is 1. The number of aromatic carboxylic acids is 1. The van der Waals surface area contributed by atoms with Gasteiger partial charge in [0.15, 0.2) is 0 Å². The maximum Gasteiger partial charge on any atom is 0.337 e. The Bertz CT molecular complexity index is 598. The second kappa shape index (κ2) is 7.97. The normalized spacial score (nSPS) is 15.5. The minimum absolute atomic E-state index is 0.0702. The molecule has 0 spiro atoms. The summed E-state index contributed by atoms with van der Waals surface area (Å²) in [5.41, 5.74) is 1.44. The molecule has 6 heteroatoms. The van der Waals surface area contributed by atoms with Crippen molar-refractivity contribution in [3.8, 4) is 0 Å². The molecule has 0 radical (unpaired) electrons. The molecule has 0 heterocycles. The summed E-state index contributed by atoms with van der Waals surface area (Å²) in [6.45, 7) is 3.93. The van der Waals surface area contributed by atoms with Crippen LogP contribution in [0.3, 0.4) is 0 Å². The van der Waals surface area contributed by atoms with Gasteiger partial charge in [0, 0.05) is 5.69 Å². The molecule has 4 nitrogen and oxygen atoms in total. The Hall–Kier alpha value is -1.33. The number of carboxylic acid groups (broad SMARTS) is 1. The zero-order chi connectivity index (χ0) is 17.0. The number of benzene rings is 1. The summed E-state index contributed by atoms with van der Waals surface area (Å²) in [7, 11) is 0. The van der Waals surface area contributed by atoms with E-state index in [0.29, 0.717) is 5.69 Å². The van der Waals surface area contributed by atoms with Gasteiger partial charge in [-0.3, -0.25) is 0 Å². The summed E-state index contributed by atoms with van der Waals surface area (Å²) in [4.78, 5) is 11.4.